The van der Waals surface area contributed by atoms with Crippen LogP contribution in [0.4, 0.5) is 0 Å². The fourth-order valence-electron chi connectivity index (χ4n) is 5.14. The number of aliphatic imine (C=N–C) groups is 1. The Morgan fingerprint density at radius 1 is 1.11 bits per heavy atom. The van der Waals surface area contributed by atoms with Crippen LogP contribution in [-0.4, -0.2) is 59.1 Å². The van der Waals surface area contributed by atoms with Crippen molar-refractivity contribution in [1.29, 1.82) is 0 Å². The van der Waals surface area contributed by atoms with Gasteiger partial charge in [0.1, 0.15) is 0 Å². The number of hydrogen-bond donors (Lipinski definition) is 0. The predicted molar refractivity (Wildman–Crippen MR) is 148 cm³/mol. The summed E-state index contributed by atoms with van der Waals surface area (Å²) in [5, 5.41) is 2.68. The molecule has 0 spiro atoms. The van der Waals surface area contributed by atoms with E-state index < -0.39 is 12.0 Å². The number of esters is 2. The molecule has 1 amide bonds. The van der Waals surface area contributed by atoms with Crippen molar-refractivity contribution in [2.24, 2.45) is 10.9 Å². The van der Waals surface area contributed by atoms with Crippen LogP contribution in [-0.2, 0) is 23.9 Å². The Bertz CT molecular complexity index is 1170. The van der Waals surface area contributed by atoms with Crippen LogP contribution >= 0.6 is 11.8 Å². The fourth-order valence-corrected chi connectivity index (χ4v) is 6.11. The predicted octanol–water partition coefficient (Wildman–Crippen LogP) is 5.14. The summed E-state index contributed by atoms with van der Waals surface area (Å²) in [5.41, 5.74) is 4.03. The van der Waals surface area contributed by atoms with Crippen LogP contribution in [0.15, 0.2) is 51.6 Å². The first-order valence-electron chi connectivity index (χ1n) is 13.4. The summed E-state index contributed by atoms with van der Waals surface area (Å²) in [6, 6.07) is 7.82. The average molecular weight is 540 g/mol. The average Bonchev–Trinajstić information content (AvgIpc) is 3.29. The Morgan fingerprint density at radius 3 is 2.47 bits per heavy atom. The number of rotatable bonds is 8. The minimum absolute atomic E-state index is 0.0510. The molecule has 9 heteroatoms. The number of thioether (sulfide) groups is 1. The Morgan fingerprint density at radius 2 is 1.82 bits per heavy atom. The smallest absolute Gasteiger partial charge is 0.338 e. The van der Waals surface area contributed by atoms with Gasteiger partial charge in [0.05, 0.1) is 42.9 Å². The molecule has 0 aromatic heterocycles. The van der Waals surface area contributed by atoms with Gasteiger partial charge in [-0.05, 0) is 56.1 Å². The molecule has 0 saturated carbocycles. The summed E-state index contributed by atoms with van der Waals surface area (Å²) < 4.78 is 10.6. The molecule has 2 atom stereocenters. The van der Waals surface area contributed by atoms with Gasteiger partial charge in [-0.2, -0.15) is 0 Å². The van der Waals surface area contributed by atoms with Crippen molar-refractivity contribution in [3.05, 3.63) is 57.8 Å². The molecule has 1 aromatic carbocycles. The monoisotopic (exact) mass is 539 g/mol. The molecule has 3 aliphatic heterocycles. The Labute approximate surface area is 229 Å². The molecule has 2 unspecified atom stereocenters. The van der Waals surface area contributed by atoms with Crippen LogP contribution in [0.3, 0.4) is 0 Å². The lowest BCUT2D eigenvalue weighted by Gasteiger charge is -2.37. The number of hydrogen-bond acceptors (Lipinski definition) is 8. The van der Waals surface area contributed by atoms with Crippen LogP contribution in [0, 0.1) is 5.92 Å². The van der Waals surface area contributed by atoms with E-state index >= 15 is 0 Å². The third kappa shape index (κ3) is 5.82. The summed E-state index contributed by atoms with van der Waals surface area (Å²) in [4.78, 5) is 47.4. The maximum Gasteiger partial charge on any atom is 0.338 e. The number of ether oxygens (including phenoxy) is 2. The molecule has 0 aliphatic carbocycles. The van der Waals surface area contributed by atoms with E-state index in [0.717, 1.165) is 29.3 Å². The van der Waals surface area contributed by atoms with Crippen molar-refractivity contribution in [3.63, 3.8) is 0 Å². The minimum Gasteiger partial charge on any atom is -0.466 e. The summed E-state index contributed by atoms with van der Waals surface area (Å²) in [5.74, 6) is -0.602. The first kappa shape index (κ1) is 28.0. The van der Waals surface area contributed by atoms with Crippen molar-refractivity contribution in [3.8, 4) is 0 Å². The van der Waals surface area contributed by atoms with E-state index in [9.17, 15) is 14.4 Å². The zero-order valence-electron chi connectivity index (χ0n) is 22.9. The second kappa shape index (κ2) is 12.2. The van der Waals surface area contributed by atoms with Crippen molar-refractivity contribution in [2.45, 2.75) is 65.8 Å². The third-order valence-electron chi connectivity index (χ3n) is 7.14. The molecule has 8 nitrogen and oxygen atoms in total. The fraction of sp³-hybridized carbons (Fsp3) is 0.517. The lowest BCUT2D eigenvalue weighted by atomic mass is 9.91. The van der Waals surface area contributed by atoms with E-state index in [-0.39, 0.29) is 30.8 Å². The quantitative estimate of drug-likeness (QED) is 0.423. The molecule has 1 aromatic rings. The molecule has 0 bridgehead atoms. The van der Waals surface area contributed by atoms with E-state index in [4.69, 9.17) is 14.5 Å². The van der Waals surface area contributed by atoms with Gasteiger partial charge in [0.25, 0.3) is 0 Å². The third-order valence-corrected chi connectivity index (χ3v) is 8.03. The molecule has 0 radical (unpaired) electrons. The van der Waals surface area contributed by atoms with Gasteiger partial charge in [-0.15, -0.1) is 0 Å². The number of allylic oxidation sites excluding steroid dienone is 1. The number of nitrogens with zero attached hydrogens (tertiary/aromatic N) is 3. The van der Waals surface area contributed by atoms with Gasteiger partial charge in [0.2, 0.25) is 5.91 Å². The molecule has 3 heterocycles. The van der Waals surface area contributed by atoms with Gasteiger partial charge >= 0.3 is 11.9 Å². The highest BCUT2D eigenvalue weighted by molar-refractivity contribution is 8.16. The molecule has 3 aliphatic rings. The molecule has 0 N–H and O–H groups in total. The van der Waals surface area contributed by atoms with E-state index in [2.05, 4.69) is 26.0 Å². The van der Waals surface area contributed by atoms with E-state index in [0.29, 0.717) is 36.9 Å². The first-order chi connectivity index (χ1) is 18.2. The summed E-state index contributed by atoms with van der Waals surface area (Å²) in [6.07, 6.45) is 1.64. The zero-order valence-corrected chi connectivity index (χ0v) is 23.7. The number of amides is 1. The maximum absolute atomic E-state index is 13.5. The minimum atomic E-state index is -0.453. The van der Waals surface area contributed by atoms with Gasteiger partial charge in [0.15, 0.2) is 5.17 Å². The Balaban J connectivity index is 1.61. The molecule has 204 valence electrons. The second-order valence-corrected chi connectivity index (χ2v) is 10.9. The van der Waals surface area contributed by atoms with Gasteiger partial charge in [-0.25, -0.2) is 9.79 Å². The molecule has 38 heavy (non-hydrogen) atoms. The second-order valence-electron chi connectivity index (χ2n) is 10.0. The van der Waals surface area contributed by atoms with Crippen LogP contribution in [0.1, 0.15) is 77.0 Å². The standard InChI is InChI=1S/C29H37N3O5S/c1-6-36-27(34)22-9-8-14-31(16-22)24(33)15-23-17-38-29-30-19(5)25(28(35)37-7-2)26(32(23)29)21-12-10-20(11-13-21)18(3)4/h10-13,17-18,22,26H,6-9,14-16H2,1-5H3. The Kier molecular flexibility index (Phi) is 8.97. The van der Waals surface area contributed by atoms with Crippen LogP contribution in [0.25, 0.3) is 0 Å². The normalized spacial score (nSPS) is 21.2. The van der Waals surface area contributed by atoms with Crippen molar-refractivity contribution >= 4 is 34.8 Å². The topological polar surface area (TPSA) is 88.5 Å². The summed E-state index contributed by atoms with van der Waals surface area (Å²) in [7, 11) is 0. The number of benzene rings is 1. The number of likely N-dealkylation sites (tertiary alicyclic amines) is 1. The highest BCUT2D eigenvalue weighted by Crippen LogP contribution is 2.45. The van der Waals surface area contributed by atoms with Crippen molar-refractivity contribution < 1.29 is 23.9 Å². The summed E-state index contributed by atoms with van der Waals surface area (Å²) >= 11 is 1.46. The molecule has 1 fully saturated rings. The van der Waals surface area contributed by atoms with Crippen LogP contribution < -0.4 is 0 Å². The Hall–Kier alpha value is -3.07. The van der Waals surface area contributed by atoms with Crippen molar-refractivity contribution in [1.82, 2.24) is 9.80 Å². The highest BCUT2D eigenvalue weighted by atomic mass is 32.2. The first-order valence-corrected chi connectivity index (χ1v) is 14.3. The molecular formula is C29H37N3O5S. The van der Waals surface area contributed by atoms with Crippen molar-refractivity contribution in [2.75, 3.05) is 26.3 Å². The van der Waals surface area contributed by atoms with E-state index in [1.807, 2.05) is 29.4 Å². The van der Waals surface area contributed by atoms with Gasteiger partial charge in [0, 0.05) is 18.8 Å². The van der Waals surface area contributed by atoms with Crippen LogP contribution in [0.5, 0.6) is 0 Å². The van der Waals surface area contributed by atoms with Crippen LogP contribution in [0.2, 0.25) is 0 Å². The number of carbonyl (C=O) groups is 3. The number of amidine groups is 1. The number of fused-ring (bicyclic) bond motifs is 1. The maximum atomic E-state index is 13.5. The molecular weight excluding hydrogens is 502 g/mol. The number of piperidine rings is 1. The summed E-state index contributed by atoms with van der Waals surface area (Å²) in [6.45, 7) is 11.3. The lowest BCUT2D eigenvalue weighted by molar-refractivity contribution is -0.151. The van der Waals surface area contributed by atoms with Gasteiger partial charge in [-0.3, -0.25) is 9.59 Å². The SMILES string of the molecule is CCOC(=O)C1=C(C)N=C2SC=C(CC(=O)N3CCCC(C(=O)OCC)C3)N2C1c1ccc(C(C)C)cc1. The zero-order chi connectivity index (χ0) is 27.4. The molecule has 4 rings (SSSR count). The number of carbonyl (C=O) groups excluding carboxylic acids is 3. The van der Waals surface area contributed by atoms with Gasteiger partial charge < -0.3 is 19.3 Å². The lowest BCUT2D eigenvalue weighted by Crippen LogP contribution is -2.44. The molecule has 1 saturated heterocycles. The highest BCUT2D eigenvalue weighted by Gasteiger charge is 2.41. The van der Waals surface area contributed by atoms with E-state index in [1.54, 1.807) is 18.7 Å². The van der Waals surface area contributed by atoms with Gasteiger partial charge in [-0.1, -0.05) is 49.9 Å². The largest absolute Gasteiger partial charge is 0.466 e. The van der Waals surface area contributed by atoms with E-state index in [1.165, 1.54) is 17.3 Å².